The van der Waals surface area contributed by atoms with Crippen molar-refractivity contribution in [3.63, 3.8) is 0 Å². The van der Waals surface area contributed by atoms with Gasteiger partial charge in [0.15, 0.2) is 0 Å². The molecule has 0 aromatic carbocycles. The molecule has 0 bridgehead atoms. The summed E-state index contributed by atoms with van der Waals surface area (Å²) in [6.45, 7) is 0.997. The van der Waals surface area contributed by atoms with Crippen molar-refractivity contribution in [3.05, 3.63) is 39.7 Å². The lowest BCUT2D eigenvalue weighted by Crippen LogP contribution is -2.44. The van der Waals surface area contributed by atoms with Crippen LogP contribution in [0.25, 0.3) is 11.3 Å². The third-order valence-corrected chi connectivity index (χ3v) is 6.51. The fraction of sp³-hybridized carbons (Fsp3) is 0.545. The third-order valence-electron chi connectivity index (χ3n) is 6.51. The quantitative estimate of drug-likeness (QED) is 0.441. The Hall–Kier alpha value is -2.95. The number of nitro groups is 1. The summed E-state index contributed by atoms with van der Waals surface area (Å²) in [5.41, 5.74) is 5.08. The predicted octanol–water partition coefficient (Wildman–Crippen LogP) is 4.78. The minimum absolute atomic E-state index is 0.0324. The Morgan fingerprint density at radius 2 is 2.03 bits per heavy atom. The minimum atomic E-state index is -4.57. The number of alkyl halides is 3. The molecule has 8 nitrogen and oxygen atoms in total. The SMILES string of the molecule is COCC1(CN(C)c2cc(-c3cnc(C4CC4)c(C(F)(F)F)c3)nc(N)c2[N+](=O)[O-])CCC1. The number of methoxy groups -OCH3 is 1. The Morgan fingerprint density at radius 1 is 1.33 bits per heavy atom. The summed E-state index contributed by atoms with van der Waals surface area (Å²) in [6.07, 6.45) is 1.01. The van der Waals surface area contributed by atoms with Gasteiger partial charge in [0.05, 0.1) is 28.5 Å². The van der Waals surface area contributed by atoms with Crippen molar-refractivity contribution in [2.75, 3.05) is 37.9 Å². The Kier molecular flexibility index (Phi) is 5.94. The second kappa shape index (κ2) is 8.44. The van der Waals surface area contributed by atoms with Crippen molar-refractivity contribution in [3.8, 4) is 11.3 Å². The van der Waals surface area contributed by atoms with Crippen LogP contribution in [0.15, 0.2) is 18.3 Å². The topological polar surface area (TPSA) is 107 Å². The number of halogens is 3. The van der Waals surface area contributed by atoms with Gasteiger partial charge in [-0.3, -0.25) is 15.1 Å². The first kappa shape index (κ1) is 23.2. The maximum absolute atomic E-state index is 13.7. The Morgan fingerprint density at radius 3 is 2.55 bits per heavy atom. The summed E-state index contributed by atoms with van der Waals surface area (Å²) < 4.78 is 46.4. The standard InChI is InChI=1S/C22H26F3N5O3/c1-29(11-21(12-33-2)6-3-7-21)17-9-16(28-20(26)19(17)30(31)32)14-8-15(22(23,24)25)18(27-10-14)13-4-5-13/h8-10,13H,3-7,11-12H2,1-2H3,(H2,26,28). The fourth-order valence-corrected chi connectivity index (χ4v) is 4.61. The zero-order valence-corrected chi connectivity index (χ0v) is 18.5. The molecule has 2 saturated carbocycles. The highest BCUT2D eigenvalue weighted by Gasteiger charge is 2.41. The van der Waals surface area contributed by atoms with E-state index in [0.29, 0.717) is 26.0 Å². The number of hydrogen-bond donors (Lipinski definition) is 1. The van der Waals surface area contributed by atoms with Crippen LogP contribution in [0, 0.1) is 15.5 Å². The molecule has 0 radical (unpaired) electrons. The predicted molar refractivity (Wildman–Crippen MR) is 117 cm³/mol. The molecule has 0 atom stereocenters. The molecule has 178 valence electrons. The van der Waals surface area contributed by atoms with Gasteiger partial charge in [0.25, 0.3) is 0 Å². The van der Waals surface area contributed by atoms with Gasteiger partial charge < -0.3 is 15.4 Å². The van der Waals surface area contributed by atoms with Crippen molar-refractivity contribution in [2.45, 2.75) is 44.2 Å². The Bertz CT molecular complexity index is 1070. The van der Waals surface area contributed by atoms with Crippen molar-refractivity contribution in [1.82, 2.24) is 9.97 Å². The van der Waals surface area contributed by atoms with Crippen LogP contribution in [-0.4, -0.2) is 42.2 Å². The molecular weight excluding hydrogens is 439 g/mol. The van der Waals surface area contributed by atoms with Gasteiger partial charge in [0.2, 0.25) is 5.82 Å². The molecule has 2 aliphatic carbocycles. The number of anilines is 2. The zero-order valence-electron chi connectivity index (χ0n) is 18.5. The fourth-order valence-electron chi connectivity index (χ4n) is 4.61. The highest BCUT2D eigenvalue weighted by atomic mass is 19.4. The maximum Gasteiger partial charge on any atom is 0.418 e. The van der Waals surface area contributed by atoms with Crippen LogP contribution in [0.4, 0.5) is 30.4 Å². The Balaban J connectivity index is 1.76. The second-order valence-electron chi connectivity index (χ2n) is 9.09. The molecule has 0 saturated heterocycles. The highest BCUT2D eigenvalue weighted by Crippen LogP contribution is 2.47. The first-order valence-corrected chi connectivity index (χ1v) is 10.8. The number of ether oxygens (including phenoxy) is 1. The van der Waals surface area contributed by atoms with Crippen molar-refractivity contribution < 1.29 is 22.8 Å². The van der Waals surface area contributed by atoms with Gasteiger partial charge in [-0.25, -0.2) is 4.98 Å². The first-order valence-electron chi connectivity index (χ1n) is 10.8. The van der Waals surface area contributed by atoms with Crippen LogP contribution in [0.2, 0.25) is 0 Å². The van der Waals surface area contributed by atoms with Crippen molar-refractivity contribution >= 4 is 17.2 Å². The molecule has 4 rings (SSSR count). The average molecular weight is 465 g/mol. The van der Waals surface area contributed by atoms with E-state index >= 15 is 0 Å². The smallest absolute Gasteiger partial charge is 0.384 e. The average Bonchev–Trinajstić information content (AvgIpc) is 3.55. The van der Waals surface area contributed by atoms with Crippen molar-refractivity contribution in [1.29, 1.82) is 0 Å². The summed E-state index contributed by atoms with van der Waals surface area (Å²) >= 11 is 0. The van der Waals surface area contributed by atoms with E-state index in [1.165, 1.54) is 12.3 Å². The molecule has 0 unspecified atom stereocenters. The van der Waals surface area contributed by atoms with E-state index in [4.69, 9.17) is 10.5 Å². The normalized spacial score (nSPS) is 17.5. The molecule has 2 aromatic rings. The van der Waals surface area contributed by atoms with Crippen LogP contribution < -0.4 is 10.6 Å². The lowest BCUT2D eigenvalue weighted by molar-refractivity contribution is -0.383. The number of pyridine rings is 2. The van der Waals surface area contributed by atoms with Crippen molar-refractivity contribution in [2.24, 2.45) is 5.41 Å². The van der Waals surface area contributed by atoms with Crippen LogP contribution in [0.1, 0.15) is 49.3 Å². The molecule has 2 N–H and O–H groups in total. The lowest BCUT2D eigenvalue weighted by atomic mass is 9.69. The van der Waals surface area contributed by atoms with Gasteiger partial charge in [-0.2, -0.15) is 13.2 Å². The summed E-state index contributed by atoms with van der Waals surface area (Å²) in [5.74, 6) is -0.541. The van der Waals surface area contributed by atoms with Crippen LogP contribution in [0.3, 0.4) is 0 Å². The van der Waals surface area contributed by atoms with E-state index in [1.807, 2.05) is 0 Å². The largest absolute Gasteiger partial charge is 0.418 e. The Labute approximate surface area is 189 Å². The van der Waals surface area contributed by atoms with E-state index in [2.05, 4.69) is 9.97 Å². The number of nitrogen functional groups attached to an aromatic ring is 1. The van der Waals surface area contributed by atoms with Crippen LogP contribution >= 0.6 is 0 Å². The molecule has 2 aliphatic rings. The summed E-state index contributed by atoms with van der Waals surface area (Å²) in [7, 11) is 3.32. The number of nitrogens with zero attached hydrogens (tertiary/aromatic N) is 4. The molecule has 2 fully saturated rings. The minimum Gasteiger partial charge on any atom is -0.384 e. The second-order valence-corrected chi connectivity index (χ2v) is 9.09. The molecule has 11 heteroatoms. The molecular formula is C22H26F3N5O3. The molecule has 33 heavy (non-hydrogen) atoms. The molecule has 2 heterocycles. The summed E-state index contributed by atoms with van der Waals surface area (Å²) in [6, 6.07) is 2.43. The summed E-state index contributed by atoms with van der Waals surface area (Å²) in [5, 5.41) is 11.8. The number of rotatable bonds is 8. The van der Waals surface area contributed by atoms with Gasteiger partial charge in [-0.05, 0) is 37.8 Å². The number of aromatic nitrogens is 2. The van der Waals surface area contributed by atoms with E-state index in [9.17, 15) is 23.3 Å². The van der Waals surface area contributed by atoms with Gasteiger partial charge in [0, 0.05) is 43.8 Å². The first-order chi connectivity index (χ1) is 15.5. The van der Waals surface area contributed by atoms with Crippen LogP contribution in [-0.2, 0) is 10.9 Å². The lowest BCUT2D eigenvalue weighted by Gasteiger charge is -2.44. The molecule has 0 aliphatic heterocycles. The summed E-state index contributed by atoms with van der Waals surface area (Å²) in [4.78, 5) is 21.0. The van der Waals surface area contributed by atoms with E-state index in [0.717, 1.165) is 25.3 Å². The number of nitrogens with two attached hydrogens (primary N) is 1. The van der Waals surface area contributed by atoms with E-state index < -0.39 is 16.7 Å². The molecule has 0 amide bonds. The molecule has 2 aromatic heterocycles. The highest BCUT2D eigenvalue weighted by molar-refractivity contribution is 5.79. The zero-order chi connectivity index (χ0) is 24.0. The van der Waals surface area contributed by atoms with Gasteiger partial charge in [-0.1, -0.05) is 6.42 Å². The van der Waals surface area contributed by atoms with Gasteiger partial charge in [-0.15, -0.1) is 0 Å². The molecule has 0 spiro atoms. The number of hydrogen-bond acceptors (Lipinski definition) is 7. The maximum atomic E-state index is 13.7. The van der Waals surface area contributed by atoms with Gasteiger partial charge >= 0.3 is 11.9 Å². The van der Waals surface area contributed by atoms with E-state index in [1.54, 1.807) is 19.1 Å². The van der Waals surface area contributed by atoms with Gasteiger partial charge in [0.1, 0.15) is 5.69 Å². The monoisotopic (exact) mass is 465 g/mol. The van der Waals surface area contributed by atoms with Crippen LogP contribution in [0.5, 0.6) is 0 Å². The van der Waals surface area contributed by atoms with E-state index in [-0.39, 0.29) is 45.5 Å². The third kappa shape index (κ3) is 4.59.